The van der Waals surface area contributed by atoms with Gasteiger partial charge in [0.15, 0.2) is 0 Å². The Balaban J connectivity index is 2.13. The average molecular weight is 227 g/mol. The largest absolute Gasteiger partial charge is 0.319 e. The Labute approximate surface area is 104 Å². The summed E-state index contributed by atoms with van der Waals surface area (Å²) in [5.41, 5.74) is 1.48. The molecule has 1 heteroatoms. The van der Waals surface area contributed by atoms with Crippen LogP contribution in [0, 0.1) is 5.92 Å². The fourth-order valence-corrected chi connectivity index (χ4v) is 2.36. The van der Waals surface area contributed by atoms with Gasteiger partial charge in [0.25, 0.3) is 0 Å². The van der Waals surface area contributed by atoms with Crippen molar-refractivity contribution in [2.45, 2.75) is 19.8 Å². The maximum absolute atomic E-state index is 3.24. The minimum Gasteiger partial charge on any atom is -0.319 e. The zero-order chi connectivity index (χ0) is 12.1. The van der Waals surface area contributed by atoms with Crippen molar-refractivity contribution in [2.24, 2.45) is 5.92 Å². The Morgan fingerprint density at radius 3 is 2.65 bits per heavy atom. The molecule has 1 N–H and O–H groups in total. The van der Waals surface area contributed by atoms with Gasteiger partial charge in [-0.25, -0.2) is 0 Å². The maximum atomic E-state index is 3.24. The highest BCUT2D eigenvalue weighted by Gasteiger charge is 2.04. The van der Waals surface area contributed by atoms with E-state index in [9.17, 15) is 0 Å². The first-order valence-electron chi connectivity index (χ1n) is 6.42. The molecule has 2 rings (SSSR count). The quantitative estimate of drug-likeness (QED) is 0.822. The zero-order valence-electron chi connectivity index (χ0n) is 10.7. The summed E-state index contributed by atoms with van der Waals surface area (Å²) < 4.78 is 0. The van der Waals surface area contributed by atoms with Crippen LogP contribution in [0.4, 0.5) is 0 Å². The van der Waals surface area contributed by atoms with Crippen LogP contribution in [0.5, 0.6) is 0 Å². The van der Waals surface area contributed by atoms with E-state index >= 15 is 0 Å². The van der Waals surface area contributed by atoms with Gasteiger partial charge < -0.3 is 5.32 Å². The van der Waals surface area contributed by atoms with Crippen LogP contribution in [0.3, 0.4) is 0 Å². The highest BCUT2D eigenvalue weighted by Crippen LogP contribution is 2.20. The molecule has 0 radical (unpaired) electrons. The van der Waals surface area contributed by atoms with Crippen LogP contribution < -0.4 is 5.32 Å². The number of aryl methyl sites for hydroxylation is 1. The van der Waals surface area contributed by atoms with Gasteiger partial charge in [0.2, 0.25) is 0 Å². The number of fused-ring (bicyclic) bond motifs is 1. The van der Waals surface area contributed by atoms with Crippen molar-refractivity contribution in [3.05, 3.63) is 48.0 Å². The second-order valence-electron chi connectivity index (χ2n) is 4.84. The van der Waals surface area contributed by atoms with Gasteiger partial charge in [-0.15, -0.1) is 0 Å². The molecule has 2 aromatic rings. The molecule has 0 spiro atoms. The van der Waals surface area contributed by atoms with Crippen LogP contribution in [0.1, 0.15) is 18.9 Å². The predicted octanol–water partition coefficient (Wildman–Crippen LogP) is 3.63. The highest BCUT2D eigenvalue weighted by molar-refractivity contribution is 5.85. The summed E-state index contributed by atoms with van der Waals surface area (Å²) in [5.74, 6) is 0.735. The molecule has 0 aliphatic heterocycles. The lowest BCUT2D eigenvalue weighted by Crippen LogP contribution is -2.16. The Morgan fingerprint density at radius 1 is 1.06 bits per heavy atom. The van der Waals surface area contributed by atoms with E-state index in [1.807, 2.05) is 7.05 Å². The predicted molar refractivity (Wildman–Crippen MR) is 75.4 cm³/mol. The summed E-state index contributed by atoms with van der Waals surface area (Å²) >= 11 is 0. The van der Waals surface area contributed by atoms with Gasteiger partial charge >= 0.3 is 0 Å². The van der Waals surface area contributed by atoms with Gasteiger partial charge in [0.1, 0.15) is 0 Å². The van der Waals surface area contributed by atoms with Gasteiger partial charge in [-0.2, -0.15) is 0 Å². The minimum absolute atomic E-state index is 0.735. The van der Waals surface area contributed by atoms with Crippen molar-refractivity contribution in [3.8, 4) is 0 Å². The summed E-state index contributed by atoms with van der Waals surface area (Å²) in [4.78, 5) is 0. The molecule has 0 amide bonds. The van der Waals surface area contributed by atoms with E-state index in [0.717, 1.165) is 12.5 Å². The monoisotopic (exact) mass is 227 g/mol. The van der Waals surface area contributed by atoms with Gasteiger partial charge in [-0.3, -0.25) is 0 Å². The summed E-state index contributed by atoms with van der Waals surface area (Å²) in [6.07, 6.45) is 2.42. The van der Waals surface area contributed by atoms with E-state index in [1.54, 1.807) is 0 Å². The summed E-state index contributed by atoms with van der Waals surface area (Å²) in [6, 6.07) is 15.3. The second-order valence-corrected chi connectivity index (χ2v) is 4.84. The highest BCUT2D eigenvalue weighted by atomic mass is 14.8. The van der Waals surface area contributed by atoms with Crippen molar-refractivity contribution in [2.75, 3.05) is 13.6 Å². The van der Waals surface area contributed by atoms with E-state index in [-0.39, 0.29) is 0 Å². The van der Waals surface area contributed by atoms with E-state index < -0.39 is 0 Å². The molecular formula is C16H21N. The van der Waals surface area contributed by atoms with Crippen LogP contribution in [0.25, 0.3) is 10.8 Å². The summed E-state index contributed by atoms with van der Waals surface area (Å²) in [7, 11) is 2.02. The number of nitrogens with one attached hydrogen (secondary N) is 1. The molecule has 0 bridgehead atoms. The Hall–Kier alpha value is -1.34. The van der Waals surface area contributed by atoms with Crippen LogP contribution in [0.15, 0.2) is 42.5 Å². The molecule has 0 heterocycles. The molecule has 1 nitrogen and oxygen atoms in total. The third-order valence-electron chi connectivity index (χ3n) is 3.34. The molecule has 0 saturated carbocycles. The topological polar surface area (TPSA) is 12.0 Å². The standard InChI is InChI=1S/C16H21N/c1-13(12-17-2)10-11-15-8-5-7-14-6-3-4-9-16(14)15/h3-9,13,17H,10-12H2,1-2H3. The summed E-state index contributed by atoms with van der Waals surface area (Å²) in [6.45, 7) is 3.41. The van der Waals surface area contributed by atoms with Crippen molar-refractivity contribution in [1.82, 2.24) is 5.32 Å². The minimum atomic E-state index is 0.735. The Kier molecular flexibility index (Phi) is 4.16. The average Bonchev–Trinajstić information content (AvgIpc) is 2.36. The molecule has 17 heavy (non-hydrogen) atoms. The van der Waals surface area contributed by atoms with Crippen molar-refractivity contribution < 1.29 is 0 Å². The van der Waals surface area contributed by atoms with Crippen LogP contribution in [0.2, 0.25) is 0 Å². The molecule has 0 fully saturated rings. The third kappa shape index (κ3) is 3.07. The van der Waals surface area contributed by atoms with E-state index in [0.29, 0.717) is 0 Å². The number of hydrogen-bond acceptors (Lipinski definition) is 1. The fraction of sp³-hybridized carbons (Fsp3) is 0.375. The maximum Gasteiger partial charge on any atom is -0.00260 e. The Bertz CT molecular complexity index is 470. The first-order valence-corrected chi connectivity index (χ1v) is 6.42. The molecule has 1 atom stereocenters. The van der Waals surface area contributed by atoms with Crippen molar-refractivity contribution in [3.63, 3.8) is 0 Å². The molecule has 90 valence electrons. The van der Waals surface area contributed by atoms with Crippen LogP contribution >= 0.6 is 0 Å². The second kappa shape index (κ2) is 5.83. The molecular weight excluding hydrogens is 206 g/mol. The van der Waals surface area contributed by atoms with Gasteiger partial charge in [0.05, 0.1) is 0 Å². The number of rotatable bonds is 5. The van der Waals surface area contributed by atoms with E-state index in [2.05, 4.69) is 54.7 Å². The lowest BCUT2D eigenvalue weighted by molar-refractivity contribution is 0.505. The normalized spacial score (nSPS) is 12.8. The lowest BCUT2D eigenvalue weighted by atomic mass is 9.97. The number of benzene rings is 2. The van der Waals surface area contributed by atoms with E-state index in [1.165, 1.54) is 29.2 Å². The SMILES string of the molecule is CNCC(C)CCc1cccc2ccccc12. The molecule has 0 saturated heterocycles. The first-order chi connectivity index (χ1) is 8.31. The van der Waals surface area contributed by atoms with Gasteiger partial charge in [-0.1, -0.05) is 49.4 Å². The Morgan fingerprint density at radius 2 is 1.82 bits per heavy atom. The third-order valence-corrected chi connectivity index (χ3v) is 3.34. The number of hydrogen-bond donors (Lipinski definition) is 1. The zero-order valence-corrected chi connectivity index (χ0v) is 10.7. The van der Waals surface area contributed by atoms with Crippen LogP contribution in [-0.4, -0.2) is 13.6 Å². The van der Waals surface area contributed by atoms with Gasteiger partial charge in [-0.05, 0) is 48.7 Å². The van der Waals surface area contributed by atoms with Crippen LogP contribution in [-0.2, 0) is 6.42 Å². The molecule has 0 aliphatic rings. The smallest absolute Gasteiger partial charge is 0.00260 e. The van der Waals surface area contributed by atoms with Crippen molar-refractivity contribution >= 4 is 10.8 Å². The molecule has 0 aliphatic carbocycles. The lowest BCUT2D eigenvalue weighted by Gasteiger charge is -2.11. The molecule has 1 unspecified atom stereocenters. The fourth-order valence-electron chi connectivity index (χ4n) is 2.36. The first kappa shape index (κ1) is 12.1. The molecule has 0 aromatic heterocycles. The van der Waals surface area contributed by atoms with E-state index in [4.69, 9.17) is 0 Å². The van der Waals surface area contributed by atoms with Crippen molar-refractivity contribution in [1.29, 1.82) is 0 Å². The summed E-state index contributed by atoms with van der Waals surface area (Å²) in [5, 5.41) is 6.00. The van der Waals surface area contributed by atoms with Gasteiger partial charge in [0, 0.05) is 0 Å². The molecule has 2 aromatic carbocycles.